The third-order valence-corrected chi connectivity index (χ3v) is 3.06. The molecule has 0 atom stereocenters. The number of carbonyl (C=O) groups is 1. The highest BCUT2D eigenvalue weighted by atomic mass is 16.2. The van der Waals surface area contributed by atoms with E-state index in [0.717, 1.165) is 24.3 Å². The minimum absolute atomic E-state index is 0.177. The first-order valence-electron chi connectivity index (χ1n) is 10.1. The van der Waals surface area contributed by atoms with Crippen LogP contribution in [0.2, 0.25) is 0 Å². The van der Waals surface area contributed by atoms with Crippen molar-refractivity contribution in [1.82, 2.24) is 15.1 Å². The lowest BCUT2D eigenvalue weighted by molar-refractivity contribution is -0.129. The van der Waals surface area contributed by atoms with Gasteiger partial charge in [0.15, 0.2) is 0 Å². The Bertz CT molecular complexity index is 547. The second-order valence-corrected chi connectivity index (χ2v) is 5.32. The van der Waals surface area contributed by atoms with Crippen molar-refractivity contribution < 1.29 is 4.79 Å². The van der Waals surface area contributed by atoms with E-state index in [-0.39, 0.29) is 5.91 Å². The molecule has 1 heterocycles. The zero-order chi connectivity index (χ0) is 21.1. The van der Waals surface area contributed by atoms with Gasteiger partial charge in [-0.05, 0) is 25.8 Å². The van der Waals surface area contributed by atoms with Crippen LogP contribution in [0.15, 0.2) is 24.3 Å². The average Bonchev–Trinajstić information content (AvgIpc) is 3.06. The van der Waals surface area contributed by atoms with Crippen molar-refractivity contribution in [3.05, 3.63) is 30.0 Å². The van der Waals surface area contributed by atoms with Gasteiger partial charge < -0.3 is 4.90 Å². The van der Waals surface area contributed by atoms with E-state index in [1.54, 1.807) is 6.92 Å². The smallest absolute Gasteiger partial charge is 0.219 e. The van der Waals surface area contributed by atoms with Gasteiger partial charge in [-0.3, -0.25) is 9.89 Å². The fourth-order valence-corrected chi connectivity index (χ4v) is 2.01. The van der Waals surface area contributed by atoms with Gasteiger partial charge in [-0.25, -0.2) is 0 Å². The lowest BCUT2D eigenvalue weighted by atomic mass is 10.2. The van der Waals surface area contributed by atoms with Gasteiger partial charge in [0.05, 0.1) is 5.52 Å². The van der Waals surface area contributed by atoms with Crippen molar-refractivity contribution in [2.45, 2.75) is 76.2 Å². The molecule has 0 saturated heterocycles. The summed E-state index contributed by atoms with van der Waals surface area (Å²) in [7, 11) is 0. The van der Waals surface area contributed by atoms with Gasteiger partial charge in [0.2, 0.25) is 5.91 Å². The van der Waals surface area contributed by atoms with Crippen molar-refractivity contribution in [2.75, 3.05) is 13.1 Å². The topological polar surface area (TPSA) is 49.0 Å². The van der Waals surface area contributed by atoms with E-state index in [4.69, 9.17) is 0 Å². The summed E-state index contributed by atoms with van der Waals surface area (Å²) >= 11 is 0. The van der Waals surface area contributed by atoms with E-state index in [0.29, 0.717) is 5.92 Å². The molecule has 4 nitrogen and oxygen atoms in total. The first-order valence-corrected chi connectivity index (χ1v) is 10.1. The molecule has 0 aliphatic carbocycles. The Labute approximate surface area is 162 Å². The van der Waals surface area contributed by atoms with Crippen LogP contribution in [0.5, 0.6) is 0 Å². The molecule has 2 rings (SSSR count). The molecule has 26 heavy (non-hydrogen) atoms. The number of rotatable bonds is 3. The number of aryl methyl sites for hydroxylation is 1. The number of hydrogen-bond acceptors (Lipinski definition) is 2. The van der Waals surface area contributed by atoms with Crippen LogP contribution in [0.25, 0.3) is 10.9 Å². The van der Waals surface area contributed by atoms with Crippen LogP contribution in [0, 0.1) is 12.8 Å². The van der Waals surface area contributed by atoms with E-state index in [9.17, 15) is 4.79 Å². The molecule has 0 saturated carbocycles. The van der Waals surface area contributed by atoms with E-state index < -0.39 is 0 Å². The molecule has 0 unspecified atom stereocenters. The van der Waals surface area contributed by atoms with E-state index in [1.807, 2.05) is 78.5 Å². The van der Waals surface area contributed by atoms with Crippen LogP contribution in [0.3, 0.4) is 0 Å². The molecule has 1 amide bonds. The average molecular weight is 366 g/mol. The van der Waals surface area contributed by atoms with Gasteiger partial charge in [-0.2, -0.15) is 5.10 Å². The Morgan fingerprint density at radius 2 is 1.58 bits per heavy atom. The standard InChI is InChI=1S/C8H8N2.C8H17NO.3C2H6/c1-6-7-4-2-3-5-8(7)10-9-6;1-5-9(8(4)10)6-7(2)3;3*1-2/h2-5H,1H3,(H,9,10);7H,5-6H2,1-4H3;3*1-2H3. The molecule has 0 radical (unpaired) electrons. The molecule has 0 fully saturated rings. The Kier molecular flexibility index (Phi) is 21.7. The predicted molar refractivity (Wildman–Crippen MR) is 118 cm³/mol. The second-order valence-electron chi connectivity index (χ2n) is 5.32. The van der Waals surface area contributed by atoms with E-state index in [1.165, 1.54) is 5.39 Å². The van der Waals surface area contributed by atoms with Gasteiger partial charge in [0.1, 0.15) is 0 Å². The molecule has 0 aliphatic heterocycles. The molecule has 1 aromatic heterocycles. The number of nitrogens with one attached hydrogen (secondary N) is 1. The van der Waals surface area contributed by atoms with Crippen LogP contribution < -0.4 is 0 Å². The number of aromatic nitrogens is 2. The molecule has 0 spiro atoms. The fraction of sp³-hybridized carbons (Fsp3) is 0.636. The fourth-order valence-electron chi connectivity index (χ4n) is 2.01. The number of aromatic amines is 1. The zero-order valence-corrected chi connectivity index (χ0v) is 19.1. The maximum absolute atomic E-state index is 10.8. The number of hydrogen-bond donors (Lipinski definition) is 1. The van der Waals surface area contributed by atoms with Crippen LogP contribution >= 0.6 is 0 Å². The predicted octanol–water partition coefficient (Wildman–Crippen LogP) is 6.46. The number of H-pyrrole nitrogens is 1. The van der Waals surface area contributed by atoms with Crippen molar-refractivity contribution in [3.8, 4) is 0 Å². The van der Waals surface area contributed by atoms with Crippen molar-refractivity contribution >= 4 is 16.8 Å². The highest BCUT2D eigenvalue weighted by Crippen LogP contribution is 2.12. The Morgan fingerprint density at radius 3 is 1.92 bits per heavy atom. The van der Waals surface area contributed by atoms with Crippen LogP contribution in [0.4, 0.5) is 0 Å². The minimum Gasteiger partial charge on any atom is -0.343 e. The second kappa shape index (κ2) is 19.5. The quantitative estimate of drug-likeness (QED) is 0.678. The van der Waals surface area contributed by atoms with E-state index >= 15 is 0 Å². The summed E-state index contributed by atoms with van der Waals surface area (Å²) in [6.07, 6.45) is 0. The van der Waals surface area contributed by atoms with Gasteiger partial charge in [0.25, 0.3) is 0 Å². The summed E-state index contributed by atoms with van der Waals surface area (Å²) in [6, 6.07) is 8.07. The van der Waals surface area contributed by atoms with Crippen LogP contribution in [0.1, 0.15) is 74.9 Å². The SMILES string of the molecule is CC.CC.CC.CCN(CC(C)C)C(C)=O.Cc1[nH]nc2ccccc12. The monoisotopic (exact) mass is 365 g/mol. The molecular weight excluding hydrogens is 322 g/mol. The maximum Gasteiger partial charge on any atom is 0.219 e. The van der Waals surface area contributed by atoms with Gasteiger partial charge >= 0.3 is 0 Å². The Balaban J connectivity index is -0.000000316. The highest BCUT2D eigenvalue weighted by molar-refractivity contribution is 5.80. The third kappa shape index (κ3) is 12.5. The van der Waals surface area contributed by atoms with Crippen molar-refractivity contribution in [3.63, 3.8) is 0 Å². The van der Waals surface area contributed by atoms with Crippen LogP contribution in [-0.2, 0) is 4.79 Å². The molecule has 152 valence electrons. The van der Waals surface area contributed by atoms with Gasteiger partial charge in [-0.1, -0.05) is 73.6 Å². The molecular formula is C22H43N3O. The summed E-state index contributed by atoms with van der Waals surface area (Å²) in [5.74, 6) is 0.750. The maximum atomic E-state index is 10.8. The molecule has 0 bridgehead atoms. The molecule has 1 aromatic carbocycles. The third-order valence-electron chi connectivity index (χ3n) is 3.06. The number of benzene rings is 1. The zero-order valence-electron chi connectivity index (χ0n) is 19.1. The minimum atomic E-state index is 0.177. The Morgan fingerprint density at radius 1 is 1.08 bits per heavy atom. The van der Waals surface area contributed by atoms with Crippen molar-refractivity contribution in [2.24, 2.45) is 5.92 Å². The number of para-hydroxylation sites is 1. The lowest BCUT2D eigenvalue weighted by Gasteiger charge is -2.20. The largest absolute Gasteiger partial charge is 0.343 e. The summed E-state index contributed by atoms with van der Waals surface area (Å²) in [5, 5.41) is 8.23. The highest BCUT2D eigenvalue weighted by Gasteiger charge is 2.06. The molecule has 0 aliphatic rings. The number of nitrogens with zero attached hydrogens (tertiary/aromatic N) is 2. The molecule has 2 aromatic rings. The number of carbonyl (C=O) groups excluding carboxylic acids is 1. The van der Waals surface area contributed by atoms with Crippen LogP contribution in [-0.4, -0.2) is 34.1 Å². The molecule has 4 heteroatoms. The van der Waals surface area contributed by atoms with Gasteiger partial charge in [-0.15, -0.1) is 0 Å². The Hall–Kier alpha value is -1.84. The summed E-state index contributed by atoms with van der Waals surface area (Å²) in [5.41, 5.74) is 2.18. The summed E-state index contributed by atoms with van der Waals surface area (Å²) < 4.78 is 0. The normalized spacial score (nSPS) is 8.62. The first kappa shape index (κ1) is 28.9. The number of fused-ring (bicyclic) bond motifs is 1. The molecule has 1 N–H and O–H groups in total. The van der Waals surface area contributed by atoms with Crippen molar-refractivity contribution in [1.29, 1.82) is 0 Å². The summed E-state index contributed by atoms with van der Waals surface area (Å²) in [4.78, 5) is 12.7. The van der Waals surface area contributed by atoms with E-state index in [2.05, 4.69) is 30.1 Å². The van der Waals surface area contributed by atoms with Gasteiger partial charge in [0, 0.05) is 31.1 Å². The lowest BCUT2D eigenvalue weighted by Crippen LogP contribution is -2.31. The first-order chi connectivity index (χ1) is 12.5. The summed E-state index contributed by atoms with van der Waals surface area (Å²) in [6.45, 7) is 23.6. The number of amides is 1.